The van der Waals surface area contributed by atoms with Gasteiger partial charge < -0.3 is 0 Å². The van der Waals surface area contributed by atoms with E-state index in [9.17, 15) is 4.79 Å². The van der Waals surface area contributed by atoms with Crippen LogP contribution in [0.4, 0.5) is 5.69 Å². The van der Waals surface area contributed by atoms with Crippen LogP contribution in [0.1, 0.15) is 34.6 Å². The summed E-state index contributed by atoms with van der Waals surface area (Å²) in [5.41, 5.74) is 3.79. The Kier molecular flexibility index (Phi) is 8.05. The van der Waals surface area contributed by atoms with Gasteiger partial charge >= 0.3 is 196 Å². The number of hydrogen-bond donors (Lipinski definition) is 1. The van der Waals surface area contributed by atoms with Gasteiger partial charge in [-0.25, -0.2) is 0 Å². The Morgan fingerprint density at radius 3 is 2.50 bits per heavy atom. The molecule has 1 aromatic heterocycles. The molecule has 0 radical (unpaired) electrons. The van der Waals surface area contributed by atoms with E-state index in [1.54, 1.807) is 0 Å². The molecule has 0 unspecified atom stereocenters. The third-order valence-corrected chi connectivity index (χ3v) is 20.2. The number of rotatable bonds is 7. The van der Waals surface area contributed by atoms with E-state index in [4.69, 9.17) is 0 Å². The number of piperidine rings is 1. The van der Waals surface area contributed by atoms with Crippen LogP contribution in [0.2, 0.25) is 0 Å². The van der Waals surface area contributed by atoms with Crippen molar-refractivity contribution in [3.05, 3.63) is 77.6 Å². The molecular weight excluding hydrogens is 523 g/mol. The second kappa shape index (κ2) is 11.4. The first-order valence-corrected chi connectivity index (χ1v) is 19.3. The fraction of sp³-hybridized carbons (Fsp3) is 0.385. The molecule has 1 N–H and O–H groups in total. The summed E-state index contributed by atoms with van der Waals surface area (Å²) in [5.74, 6) is 3.06. The molecule has 2 saturated heterocycles. The molecule has 0 saturated carbocycles. The fourth-order valence-corrected chi connectivity index (χ4v) is 18.7. The molecule has 0 bridgehead atoms. The quantitative estimate of drug-likeness (QED) is 0.450. The van der Waals surface area contributed by atoms with E-state index >= 15 is 0 Å². The summed E-state index contributed by atoms with van der Waals surface area (Å²) < 4.78 is 3.34. The van der Waals surface area contributed by atoms with E-state index in [2.05, 4.69) is 66.9 Å². The van der Waals surface area contributed by atoms with Crippen molar-refractivity contribution in [2.75, 3.05) is 36.0 Å². The number of aryl methyl sites for hydroxylation is 1. The molecule has 3 heterocycles. The molecule has 5 nitrogen and oxygen atoms in total. The predicted octanol–water partition coefficient (Wildman–Crippen LogP) is 3.83. The molecule has 34 heavy (non-hydrogen) atoms. The molecule has 1 amide bonds. The van der Waals surface area contributed by atoms with Gasteiger partial charge in [0.25, 0.3) is 0 Å². The second-order valence-electron chi connectivity index (χ2n) is 8.86. The average molecular weight is 555 g/mol. The summed E-state index contributed by atoms with van der Waals surface area (Å²) in [4.78, 5) is 15.8. The molecule has 2 aromatic carbocycles. The Morgan fingerprint density at radius 2 is 1.79 bits per heavy atom. The number of amides is 1. The van der Waals surface area contributed by atoms with Crippen molar-refractivity contribution in [2.24, 2.45) is 13.0 Å². The van der Waals surface area contributed by atoms with Crippen LogP contribution in [0.15, 0.2) is 60.7 Å². The van der Waals surface area contributed by atoms with Crippen molar-refractivity contribution in [1.82, 2.24) is 15.1 Å². The first-order chi connectivity index (χ1) is 16.7. The van der Waals surface area contributed by atoms with Crippen molar-refractivity contribution in [2.45, 2.75) is 19.3 Å². The molecule has 2 aliphatic rings. The van der Waals surface area contributed by atoms with Crippen molar-refractivity contribution < 1.29 is 4.79 Å². The first-order valence-electron chi connectivity index (χ1n) is 11.9. The van der Waals surface area contributed by atoms with E-state index in [0.29, 0.717) is 11.6 Å². The standard InChI is InChI=1S/C26H31AsN4OS2/c1-30-24(17-20-5-3-2-4-6-20)18-25(29-30)26(32)31(19-21-11-13-28-14-12-21)23-9-7-22(8-10-23)27-33-15-16-34-27/h2-10,18,21,28H,11-17,19H2,1H3. The smallest absolute Gasteiger partial charge is 0.0622 e. The summed E-state index contributed by atoms with van der Waals surface area (Å²) in [6.07, 6.45) is 2.97. The molecule has 0 spiro atoms. The Balaban J connectivity index is 1.39. The number of hydrogen-bond acceptors (Lipinski definition) is 5. The van der Waals surface area contributed by atoms with Crippen LogP contribution in [-0.4, -0.2) is 59.2 Å². The van der Waals surface area contributed by atoms with E-state index < -0.39 is 12.3 Å². The number of nitrogens with one attached hydrogen (secondary N) is 1. The monoisotopic (exact) mass is 554 g/mol. The van der Waals surface area contributed by atoms with Gasteiger partial charge in [-0.1, -0.05) is 18.2 Å². The van der Waals surface area contributed by atoms with Crippen LogP contribution < -0.4 is 14.6 Å². The van der Waals surface area contributed by atoms with Gasteiger partial charge in [-0.3, -0.25) is 0 Å². The SMILES string of the molecule is Cn1nc(C(=O)N(CC2CCNCC2)c2ccc([As]3SCCS3)cc2)cc1Cc1ccccc1. The summed E-state index contributed by atoms with van der Waals surface area (Å²) in [6, 6.07) is 21.2. The van der Waals surface area contributed by atoms with Gasteiger partial charge in [-0.05, 0) is 0 Å². The zero-order valence-electron chi connectivity index (χ0n) is 19.5. The maximum atomic E-state index is 13.8. The number of benzene rings is 2. The summed E-state index contributed by atoms with van der Waals surface area (Å²) in [6.45, 7) is 2.80. The topological polar surface area (TPSA) is 50.2 Å². The Labute approximate surface area is 213 Å². The number of anilines is 1. The van der Waals surface area contributed by atoms with Crippen molar-refractivity contribution in [1.29, 1.82) is 0 Å². The molecule has 8 heteroatoms. The van der Waals surface area contributed by atoms with Gasteiger partial charge in [0.15, 0.2) is 0 Å². The van der Waals surface area contributed by atoms with Gasteiger partial charge in [0.1, 0.15) is 0 Å². The average Bonchev–Trinajstić information content (AvgIpc) is 3.54. The van der Waals surface area contributed by atoms with Gasteiger partial charge in [0.2, 0.25) is 0 Å². The van der Waals surface area contributed by atoms with Crippen LogP contribution in [0.5, 0.6) is 0 Å². The minimum absolute atomic E-state index is 0.00340. The maximum absolute atomic E-state index is 13.8. The Morgan fingerprint density at radius 1 is 1.09 bits per heavy atom. The number of nitrogens with zero attached hydrogens (tertiary/aromatic N) is 3. The Bertz CT molecular complexity index is 1090. The Hall–Kier alpha value is -1.66. The van der Waals surface area contributed by atoms with E-state index in [1.807, 2.05) is 40.9 Å². The molecule has 178 valence electrons. The molecule has 5 rings (SSSR count). The van der Waals surface area contributed by atoms with Crippen LogP contribution >= 0.6 is 20.0 Å². The van der Waals surface area contributed by atoms with Gasteiger partial charge in [-0.15, -0.1) is 0 Å². The van der Waals surface area contributed by atoms with Crippen LogP contribution in [0, 0.1) is 5.92 Å². The molecule has 0 atom stereocenters. The third kappa shape index (κ3) is 5.76. The third-order valence-electron chi connectivity index (χ3n) is 6.44. The van der Waals surface area contributed by atoms with Crippen LogP contribution in [-0.2, 0) is 13.5 Å². The molecule has 2 fully saturated rings. The minimum atomic E-state index is -1.02. The zero-order valence-corrected chi connectivity index (χ0v) is 23.0. The molecule has 3 aromatic rings. The van der Waals surface area contributed by atoms with Crippen LogP contribution in [0.3, 0.4) is 0 Å². The number of carbonyl (C=O) groups excluding carboxylic acids is 1. The van der Waals surface area contributed by atoms with E-state index in [-0.39, 0.29) is 5.91 Å². The summed E-state index contributed by atoms with van der Waals surface area (Å²) >= 11 is -1.02. The fourth-order valence-electron chi connectivity index (χ4n) is 4.53. The van der Waals surface area contributed by atoms with Gasteiger partial charge in [0.05, 0.1) is 0 Å². The zero-order chi connectivity index (χ0) is 23.3. The minimum Gasteiger partial charge on any atom is -0.0622 e. The van der Waals surface area contributed by atoms with Gasteiger partial charge in [-0.2, -0.15) is 0 Å². The predicted molar refractivity (Wildman–Crippen MR) is 146 cm³/mol. The van der Waals surface area contributed by atoms with Crippen molar-refractivity contribution >= 4 is 48.3 Å². The van der Waals surface area contributed by atoms with E-state index in [0.717, 1.165) is 50.3 Å². The van der Waals surface area contributed by atoms with E-state index in [1.165, 1.54) is 21.4 Å². The first kappa shape index (κ1) is 24.1. The number of aromatic nitrogens is 2. The second-order valence-corrected chi connectivity index (χ2v) is 20.6. The summed E-state index contributed by atoms with van der Waals surface area (Å²) in [7, 11) is 6.24. The molecule has 2 aliphatic heterocycles. The van der Waals surface area contributed by atoms with Crippen molar-refractivity contribution in [3.8, 4) is 0 Å². The van der Waals surface area contributed by atoms with Gasteiger partial charge in [0, 0.05) is 0 Å². The van der Waals surface area contributed by atoms with Crippen molar-refractivity contribution in [3.63, 3.8) is 0 Å². The molecule has 0 aliphatic carbocycles. The summed E-state index contributed by atoms with van der Waals surface area (Å²) in [5, 5.41) is 8.08. The molecular formula is C26H31AsN4OS2. The normalized spacial score (nSPS) is 17.2. The number of carbonyl (C=O) groups is 1. The van der Waals surface area contributed by atoms with Crippen LogP contribution in [0.25, 0.3) is 0 Å².